The number of hydrogen-bond acceptors (Lipinski definition) is 7. The second-order valence-electron chi connectivity index (χ2n) is 5.96. The van der Waals surface area contributed by atoms with Gasteiger partial charge < -0.3 is 14.8 Å². The number of rotatable bonds is 6. The Labute approximate surface area is 162 Å². The molecule has 1 amide bonds. The van der Waals surface area contributed by atoms with Crippen molar-refractivity contribution in [3.8, 4) is 0 Å². The summed E-state index contributed by atoms with van der Waals surface area (Å²) in [5, 5.41) is 2.56. The Hall–Kier alpha value is -3.20. The first-order valence-corrected chi connectivity index (χ1v) is 10.1. The van der Waals surface area contributed by atoms with Gasteiger partial charge in [-0.15, -0.1) is 0 Å². The van der Waals surface area contributed by atoms with E-state index in [4.69, 9.17) is 0 Å². The summed E-state index contributed by atoms with van der Waals surface area (Å²) in [5.41, 5.74) is 1.09. The monoisotopic (exact) mass is 405 g/mol. The van der Waals surface area contributed by atoms with Crippen LogP contribution in [0.25, 0.3) is 0 Å². The van der Waals surface area contributed by atoms with Crippen molar-refractivity contribution in [2.24, 2.45) is 0 Å². The van der Waals surface area contributed by atoms with Gasteiger partial charge >= 0.3 is 11.9 Å². The van der Waals surface area contributed by atoms with Gasteiger partial charge in [-0.3, -0.25) is 4.79 Å². The molecule has 0 atom stereocenters. The van der Waals surface area contributed by atoms with Crippen LogP contribution in [0, 0.1) is 0 Å². The molecule has 2 rings (SSSR count). The predicted molar refractivity (Wildman–Crippen MR) is 102 cm³/mol. The van der Waals surface area contributed by atoms with Crippen LogP contribution in [-0.2, 0) is 25.1 Å². The fourth-order valence-electron chi connectivity index (χ4n) is 2.43. The summed E-state index contributed by atoms with van der Waals surface area (Å²) in [4.78, 5) is 36.2. The third-order valence-electron chi connectivity index (χ3n) is 3.74. The molecule has 0 radical (unpaired) electrons. The number of ether oxygens (including phenoxy) is 2. The number of anilines is 1. The van der Waals surface area contributed by atoms with E-state index in [1.807, 2.05) is 0 Å². The van der Waals surface area contributed by atoms with Crippen LogP contribution in [0.2, 0.25) is 0 Å². The second kappa shape index (κ2) is 8.66. The standard InChI is InChI=1S/C19H19NO7S/c1-26-18(22)14-8-9-15(19(23)27-2)16(10-14)20-17(21)13-6-4-12(5-7-13)11-28(3,24)25/h4-10H,11H2,1-3H3,(H,20,21). The van der Waals surface area contributed by atoms with Gasteiger partial charge in [-0.2, -0.15) is 0 Å². The minimum absolute atomic E-state index is 0.0669. The van der Waals surface area contributed by atoms with Crippen LogP contribution in [0.3, 0.4) is 0 Å². The zero-order valence-corrected chi connectivity index (χ0v) is 16.3. The first-order chi connectivity index (χ1) is 13.1. The molecule has 0 bridgehead atoms. The Morgan fingerprint density at radius 3 is 2.00 bits per heavy atom. The van der Waals surface area contributed by atoms with Crippen molar-refractivity contribution in [1.29, 1.82) is 0 Å². The van der Waals surface area contributed by atoms with Gasteiger partial charge in [0.1, 0.15) is 0 Å². The van der Waals surface area contributed by atoms with Crippen LogP contribution in [0.15, 0.2) is 42.5 Å². The molecule has 0 fully saturated rings. The van der Waals surface area contributed by atoms with Gasteiger partial charge in [0.2, 0.25) is 0 Å². The van der Waals surface area contributed by atoms with Crippen LogP contribution < -0.4 is 5.32 Å². The highest BCUT2D eigenvalue weighted by molar-refractivity contribution is 7.89. The molecule has 0 aliphatic heterocycles. The van der Waals surface area contributed by atoms with Gasteiger partial charge in [0, 0.05) is 11.8 Å². The quantitative estimate of drug-likeness (QED) is 0.731. The largest absolute Gasteiger partial charge is 0.465 e. The van der Waals surface area contributed by atoms with E-state index in [9.17, 15) is 22.8 Å². The van der Waals surface area contributed by atoms with Crippen molar-refractivity contribution in [2.45, 2.75) is 5.75 Å². The number of amides is 1. The lowest BCUT2D eigenvalue weighted by molar-refractivity contribution is 0.0587. The van der Waals surface area contributed by atoms with Crippen molar-refractivity contribution in [3.63, 3.8) is 0 Å². The Morgan fingerprint density at radius 2 is 1.46 bits per heavy atom. The molecule has 0 saturated carbocycles. The average molecular weight is 405 g/mol. The normalized spacial score (nSPS) is 10.8. The third kappa shape index (κ3) is 5.40. The first-order valence-electron chi connectivity index (χ1n) is 8.03. The molecule has 2 aromatic rings. The molecule has 0 aliphatic rings. The van der Waals surface area contributed by atoms with Crippen LogP contribution in [0.1, 0.15) is 36.6 Å². The summed E-state index contributed by atoms with van der Waals surface area (Å²) in [6, 6.07) is 10.0. The number of esters is 2. The van der Waals surface area contributed by atoms with Crippen LogP contribution in [-0.4, -0.2) is 46.7 Å². The molecule has 8 nitrogen and oxygen atoms in total. The van der Waals surface area contributed by atoms with Gasteiger partial charge in [0.15, 0.2) is 9.84 Å². The van der Waals surface area contributed by atoms with E-state index in [0.29, 0.717) is 5.56 Å². The number of benzene rings is 2. The van der Waals surface area contributed by atoms with E-state index in [1.54, 1.807) is 0 Å². The Bertz CT molecular complexity index is 1010. The zero-order chi connectivity index (χ0) is 20.9. The van der Waals surface area contributed by atoms with E-state index in [1.165, 1.54) is 56.7 Å². The third-order valence-corrected chi connectivity index (χ3v) is 4.60. The maximum absolute atomic E-state index is 12.5. The lowest BCUT2D eigenvalue weighted by atomic mass is 10.1. The van der Waals surface area contributed by atoms with Crippen LogP contribution in [0.4, 0.5) is 5.69 Å². The Kier molecular flexibility index (Phi) is 6.53. The number of sulfone groups is 1. The molecule has 28 heavy (non-hydrogen) atoms. The molecule has 0 unspecified atom stereocenters. The Morgan fingerprint density at radius 1 is 0.893 bits per heavy atom. The summed E-state index contributed by atoms with van der Waals surface area (Å²) in [5.74, 6) is -1.99. The van der Waals surface area contributed by atoms with Gasteiger partial charge in [-0.1, -0.05) is 12.1 Å². The van der Waals surface area contributed by atoms with Crippen LogP contribution >= 0.6 is 0 Å². The first kappa shape index (κ1) is 21.1. The maximum Gasteiger partial charge on any atom is 0.339 e. The maximum atomic E-state index is 12.5. The molecule has 2 aromatic carbocycles. The zero-order valence-electron chi connectivity index (χ0n) is 15.5. The molecular weight excluding hydrogens is 386 g/mol. The number of methoxy groups -OCH3 is 2. The van der Waals surface area contributed by atoms with E-state index in [0.717, 1.165) is 6.26 Å². The number of hydrogen-bond donors (Lipinski definition) is 1. The highest BCUT2D eigenvalue weighted by atomic mass is 32.2. The molecule has 0 aromatic heterocycles. The molecule has 0 spiro atoms. The average Bonchev–Trinajstić information content (AvgIpc) is 2.66. The van der Waals surface area contributed by atoms with Crippen molar-refractivity contribution in [1.82, 2.24) is 0 Å². The summed E-state index contributed by atoms with van der Waals surface area (Å²) in [7, 11) is -0.776. The topological polar surface area (TPSA) is 116 Å². The van der Waals surface area contributed by atoms with Crippen molar-refractivity contribution in [2.75, 3.05) is 25.8 Å². The molecule has 9 heteroatoms. The van der Waals surface area contributed by atoms with Crippen LogP contribution in [0.5, 0.6) is 0 Å². The van der Waals surface area contributed by atoms with Gasteiger partial charge in [-0.25, -0.2) is 18.0 Å². The van der Waals surface area contributed by atoms with E-state index in [-0.39, 0.29) is 28.1 Å². The van der Waals surface area contributed by atoms with Gasteiger partial charge in [-0.05, 0) is 35.9 Å². The number of nitrogens with one attached hydrogen (secondary N) is 1. The molecule has 0 saturated heterocycles. The lowest BCUT2D eigenvalue weighted by Crippen LogP contribution is -2.16. The SMILES string of the molecule is COC(=O)c1ccc(C(=O)OC)c(NC(=O)c2ccc(CS(C)(=O)=O)cc2)c1. The van der Waals surface area contributed by atoms with Crippen molar-refractivity contribution >= 4 is 33.4 Å². The molecule has 1 N–H and O–H groups in total. The summed E-state index contributed by atoms with van der Waals surface area (Å²) in [6.45, 7) is 0. The van der Waals surface area contributed by atoms with E-state index < -0.39 is 27.7 Å². The summed E-state index contributed by atoms with van der Waals surface area (Å²) >= 11 is 0. The van der Waals surface area contributed by atoms with E-state index >= 15 is 0 Å². The Balaban J connectivity index is 2.31. The summed E-state index contributed by atoms with van der Waals surface area (Å²) in [6.07, 6.45) is 1.12. The number of carbonyl (C=O) groups is 3. The fourth-order valence-corrected chi connectivity index (χ4v) is 3.23. The van der Waals surface area contributed by atoms with Crippen molar-refractivity contribution < 1.29 is 32.3 Å². The lowest BCUT2D eigenvalue weighted by Gasteiger charge is -2.12. The van der Waals surface area contributed by atoms with E-state index in [2.05, 4.69) is 14.8 Å². The predicted octanol–water partition coefficient (Wildman–Crippen LogP) is 2.06. The second-order valence-corrected chi connectivity index (χ2v) is 8.10. The highest BCUT2D eigenvalue weighted by Gasteiger charge is 2.18. The molecular formula is C19H19NO7S. The van der Waals surface area contributed by atoms with Gasteiger partial charge in [0.05, 0.1) is 36.8 Å². The highest BCUT2D eigenvalue weighted by Crippen LogP contribution is 2.21. The minimum atomic E-state index is -3.19. The fraction of sp³-hybridized carbons (Fsp3) is 0.211. The number of carbonyl (C=O) groups excluding carboxylic acids is 3. The van der Waals surface area contributed by atoms with Crippen molar-refractivity contribution in [3.05, 3.63) is 64.7 Å². The molecule has 0 aliphatic carbocycles. The van der Waals surface area contributed by atoms with Gasteiger partial charge in [0.25, 0.3) is 5.91 Å². The smallest absolute Gasteiger partial charge is 0.339 e. The molecule has 148 valence electrons. The molecule has 0 heterocycles. The summed E-state index contributed by atoms with van der Waals surface area (Å²) < 4.78 is 32.0. The minimum Gasteiger partial charge on any atom is -0.465 e.